The minimum Gasteiger partial charge on any atom is -0.493 e. The summed E-state index contributed by atoms with van der Waals surface area (Å²) in [5, 5.41) is 6.32. The number of nitrogens with one attached hydrogen (secondary N) is 2. The highest BCUT2D eigenvalue weighted by atomic mass is 35.5. The third-order valence-corrected chi connectivity index (χ3v) is 6.60. The van der Waals surface area contributed by atoms with E-state index < -0.39 is 11.9 Å². The van der Waals surface area contributed by atoms with Crippen molar-refractivity contribution >= 4 is 29.4 Å². The molecule has 10 nitrogen and oxygen atoms in total. The highest BCUT2D eigenvalue weighted by Crippen LogP contribution is 2.28. The topological polar surface area (TPSA) is 134 Å². The monoisotopic (exact) mass is 582 g/mol. The Morgan fingerprint density at radius 2 is 1.44 bits per heavy atom. The molecule has 0 heterocycles. The second-order valence-electron chi connectivity index (χ2n) is 8.98. The lowest BCUT2D eigenvalue weighted by Gasteiger charge is -2.20. The fourth-order valence-electron chi connectivity index (χ4n) is 4.13. The molecule has 1 atom stereocenters. The van der Waals surface area contributed by atoms with E-state index in [1.807, 2.05) is 30.3 Å². The molecule has 41 heavy (non-hydrogen) atoms. The third kappa shape index (κ3) is 9.04. The first-order chi connectivity index (χ1) is 19.8. The van der Waals surface area contributed by atoms with E-state index in [0.29, 0.717) is 46.5 Å². The summed E-state index contributed by atoms with van der Waals surface area (Å²) in [6, 6.07) is 17.1. The fourth-order valence-corrected chi connectivity index (χ4v) is 4.35. The number of benzene rings is 3. The van der Waals surface area contributed by atoms with Crippen LogP contribution in [0.5, 0.6) is 23.0 Å². The lowest BCUT2D eigenvalue weighted by molar-refractivity contribution is -0.123. The van der Waals surface area contributed by atoms with E-state index in [9.17, 15) is 9.59 Å². The van der Waals surface area contributed by atoms with E-state index in [1.165, 1.54) is 14.2 Å². The molecule has 218 valence electrons. The summed E-state index contributed by atoms with van der Waals surface area (Å²) in [4.78, 5) is 29.8. The van der Waals surface area contributed by atoms with Gasteiger partial charge in [0, 0.05) is 18.0 Å². The Balaban J connectivity index is 1.69. The van der Waals surface area contributed by atoms with Crippen molar-refractivity contribution in [1.29, 1.82) is 0 Å². The molecular weight excluding hydrogens is 548 g/mol. The van der Waals surface area contributed by atoms with Gasteiger partial charge in [-0.1, -0.05) is 41.9 Å². The zero-order valence-electron chi connectivity index (χ0n) is 23.5. The number of rotatable bonds is 13. The van der Waals surface area contributed by atoms with E-state index in [0.717, 1.165) is 11.1 Å². The minimum absolute atomic E-state index is 0.0184. The smallest absolute Gasteiger partial charge is 0.253 e. The van der Waals surface area contributed by atoms with Crippen molar-refractivity contribution in [3.05, 3.63) is 82.4 Å². The zero-order chi connectivity index (χ0) is 29.8. The van der Waals surface area contributed by atoms with Crippen molar-refractivity contribution in [2.75, 3.05) is 35.0 Å². The Bertz CT molecular complexity index is 1380. The van der Waals surface area contributed by atoms with Crippen LogP contribution in [0, 0.1) is 0 Å². The van der Waals surface area contributed by atoms with Crippen LogP contribution in [0.3, 0.4) is 0 Å². The van der Waals surface area contributed by atoms with Crippen LogP contribution in [-0.2, 0) is 28.9 Å². The van der Waals surface area contributed by atoms with Gasteiger partial charge in [0.25, 0.3) is 5.91 Å². The molecule has 0 aromatic heterocycles. The first-order valence-electron chi connectivity index (χ1n) is 12.8. The largest absolute Gasteiger partial charge is 0.493 e. The normalized spacial score (nSPS) is 11.8. The summed E-state index contributed by atoms with van der Waals surface area (Å²) >= 11 is 6.35. The highest BCUT2D eigenvalue weighted by Gasteiger charge is 2.21. The number of carbonyl (C=O) groups is 2. The second-order valence-corrected chi connectivity index (χ2v) is 9.39. The first-order valence-corrected chi connectivity index (χ1v) is 13.2. The first kappa shape index (κ1) is 31.1. The number of amides is 2. The van der Waals surface area contributed by atoms with Gasteiger partial charge in [0.2, 0.25) is 5.91 Å². The van der Waals surface area contributed by atoms with Crippen molar-refractivity contribution in [2.45, 2.75) is 25.3 Å². The van der Waals surface area contributed by atoms with Gasteiger partial charge in [-0.25, -0.2) is 0 Å². The Morgan fingerprint density at radius 1 is 0.854 bits per heavy atom. The molecule has 0 aliphatic rings. The van der Waals surface area contributed by atoms with Crippen LogP contribution >= 0.6 is 11.6 Å². The molecule has 4 N–H and O–H groups in total. The van der Waals surface area contributed by atoms with Crippen LogP contribution in [0.1, 0.15) is 16.7 Å². The van der Waals surface area contributed by atoms with Gasteiger partial charge < -0.3 is 35.3 Å². The van der Waals surface area contributed by atoms with Crippen molar-refractivity contribution < 1.29 is 28.5 Å². The van der Waals surface area contributed by atoms with Crippen molar-refractivity contribution in [2.24, 2.45) is 10.7 Å². The molecule has 0 aliphatic carbocycles. The van der Waals surface area contributed by atoms with Gasteiger partial charge in [-0.15, -0.1) is 0 Å². The molecule has 3 rings (SSSR count). The number of nitrogens with two attached hydrogens (primary N) is 1. The molecule has 0 radical (unpaired) electrons. The van der Waals surface area contributed by atoms with Gasteiger partial charge >= 0.3 is 0 Å². The minimum atomic E-state index is -0.835. The third-order valence-electron chi connectivity index (χ3n) is 6.23. The predicted octanol–water partition coefficient (Wildman–Crippen LogP) is 3.32. The summed E-state index contributed by atoms with van der Waals surface area (Å²) in [7, 11) is 6.19. The summed E-state index contributed by atoms with van der Waals surface area (Å²) in [5.41, 5.74) is 8.45. The number of hydrogen-bond donors (Lipinski definition) is 3. The predicted molar refractivity (Wildman–Crippen MR) is 158 cm³/mol. The molecule has 0 fully saturated rings. The SMILES string of the molecule is COc1ccc(CCNC(=O)C(Cc2ccccc2Cl)NC(N)=NC(=O)Cc2ccc(OC)c(OC)c2)cc1OC. The molecule has 0 saturated carbocycles. The van der Waals surface area contributed by atoms with E-state index in [1.54, 1.807) is 44.6 Å². The zero-order valence-corrected chi connectivity index (χ0v) is 24.3. The summed E-state index contributed by atoms with van der Waals surface area (Å²) in [6.07, 6.45) is 0.760. The maximum atomic E-state index is 13.2. The number of nitrogens with zero attached hydrogens (tertiary/aromatic N) is 1. The average molecular weight is 583 g/mol. The number of carbonyl (C=O) groups excluding carboxylic acids is 2. The average Bonchev–Trinajstić information content (AvgIpc) is 2.97. The summed E-state index contributed by atoms with van der Waals surface area (Å²) in [5.74, 6) is 1.28. The Kier molecular flexibility index (Phi) is 11.7. The lowest BCUT2D eigenvalue weighted by atomic mass is 10.0. The van der Waals surface area contributed by atoms with Crippen LogP contribution < -0.4 is 35.3 Å². The quantitative estimate of drug-likeness (QED) is 0.206. The number of methoxy groups -OCH3 is 4. The van der Waals surface area contributed by atoms with Crippen LogP contribution in [0.4, 0.5) is 0 Å². The van der Waals surface area contributed by atoms with Crippen LogP contribution in [-0.4, -0.2) is 58.8 Å². The number of ether oxygens (including phenoxy) is 4. The maximum absolute atomic E-state index is 13.2. The van der Waals surface area contributed by atoms with E-state index in [4.69, 9.17) is 36.3 Å². The molecule has 3 aromatic carbocycles. The van der Waals surface area contributed by atoms with Crippen molar-refractivity contribution in [1.82, 2.24) is 10.6 Å². The summed E-state index contributed by atoms with van der Waals surface area (Å²) < 4.78 is 21.2. The highest BCUT2D eigenvalue weighted by molar-refractivity contribution is 6.31. The van der Waals surface area contributed by atoms with Gasteiger partial charge in [0.05, 0.1) is 34.9 Å². The van der Waals surface area contributed by atoms with E-state index in [2.05, 4.69) is 15.6 Å². The Labute approximate surface area is 244 Å². The van der Waals surface area contributed by atoms with Gasteiger partial charge in [0.1, 0.15) is 6.04 Å². The van der Waals surface area contributed by atoms with Gasteiger partial charge in [-0.2, -0.15) is 4.99 Å². The van der Waals surface area contributed by atoms with Gasteiger partial charge in [-0.3, -0.25) is 9.59 Å². The fraction of sp³-hybridized carbons (Fsp3) is 0.300. The molecule has 2 amide bonds. The van der Waals surface area contributed by atoms with Crippen molar-refractivity contribution in [3.63, 3.8) is 0 Å². The van der Waals surface area contributed by atoms with Crippen LogP contribution in [0.25, 0.3) is 0 Å². The molecule has 11 heteroatoms. The number of hydrogen-bond acceptors (Lipinski definition) is 6. The number of aliphatic imine (C=N–C) groups is 1. The van der Waals surface area contributed by atoms with Crippen LogP contribution in [0.15, 0.2) is 65.7 Å². The van der Waals surface area contributed by atoms with E-state index in [-0.39, 0.29) is 24.7 Å². The number of guanidine groups is 1. The molecule has 1 unspecified atom stereocenters. The summed E-state index contributed by atoms with van der Waals surface area (Å²) in [6.45, 7) is 0.351. The lowest BCUT2D eigenvalue weighted by Crippen LogP contribution is -2.51. The Hall–Kier alpha value is -4.44. The Morgan fingerprint density at radius 3 is 2.05 bits per heavy atom. The maximum Gasteiger partial charge on any atom is 0.253 e. The van der Waals surface area contributed by atoms with Crippen LogP contribution in [0.2, 0.25) is 5.02 Å². The molecular formula is C30H35ClN4O6. The second kappa shape index (κ2) is 15.4. The van der Waals surface area contributed by atoms with Gasteiger partial charge in [0.15, 0.2) is 29.0 Å². The molecule has 0 aliphatic heterocycles. The number of halogens is 1. The molecule has 0 bridgehead atoms. The molecule has 0 spiro atoms. The van der Waals surface area contributed by atoms with E-state index >= 15 is 0 Å². The van der Waals surface area contributed by atoms with Gasteiger partial charge in [-0.05, 0) is 53.4 Å². The van der Waals surface area contributed by atoms with Crippen molar-refractivity contribution in [3.8, 4) is 23.0 Å². The molecule has 0 saturated heterocycles. The standard InChI is InChI=1S/C30H35ClN4O6/c1-38-24-11-9-19(15-26(24)40-3)13-14-33-29(37)23(18-21-7-5-6-8-22(21)31)34-30(32)35-28(36)17-20-10-12-25(39-2)27(16-20)41-4/h5-12,15-16,23H,13-14,17-18H2,1-4H3,(H,33,37)(H3,32,34,35,36). The molecule has 3 aromatic rings.